The van der Waals surface area contributed by atoms with Crippen molar-refractivity contribution in [2.45, 2.75) is 13.8 Å². The van der Waals surface area contributed by atoms with Crippen molar-refractivity contribution < 1.29 is 9.21 Å². The molecule has 8 nitrogen and oxygen atoms in total. The van der Waals surface area contributed by atoms with Crippen molar-refractivity contribution in [2.75, 3.05) is 31.5 Å². The van der Waals surface area contributed by atoms with Crippen molar-refractivity contribution >= 4 is 23.1 Å². The Morgan fingerprint density at radius 1 is 1.13 bits per heavy atom. The summed E-state index contributed by atoms with van der Waals surface area (Å²) in [4.78, 5) is 23.6. The van der Waals surface area contributed by atoms with Gasteiger partial charge < -0.3 is 20.0 Å². The van der Waals surface area contributed by atoms with Gasteiger partial charge in [0, 0.05) is 42.3 Å². The summed E-state index contributed by atoms with van der Waals surface area (Å²) >= 11 is 0. The molecule has 4 aromatic rings. The molecule has 2 N–H and O–H groups in total. The fraction of sp³-hybridized carbons (Fsp3) is 0.261. The number of fused-ring (bicyclic) bond motifs is 1. The van der Waals surface area contributed by atoms with Crippen LogP contribution in [0.25, 0.3) is 16.9 Å². The maximum absolute atomic E-state index is 12.4. The highest BCUT2D eigenvalue weighted by Gasteiger charge is 2.12. The van der Waals surface area contributed by atoms with E-state index < -0.39 is 0 Å². The normalized spacial score (nSPS) is 11.2. The van der Waals surface area contributed by atoms with Gasteiger partial charge in [0.25, 0.3) is 5.91 Å². The molecule has 0 unspecified atom stereocenters. The van der Waals surface area contributed by atoms with Gasteiger partial charge in [-0.25, -0.2) is 9.97 Å². The lowest BCUT2D eigenvalue weighted by Gasteiger charge is -2.18. The van der Waals surface area contributed by atoms with Crippen LogP contribution in [0.2, 0.25) is 0 Å². The second kappa shape index (κ2) is 9.44. The number of aromatic nitrogens is 3. The largest absolute Gasteiger partial charge is 0.472 e. The SMILES string of the molecule is CCN(CC)CCNC(=O)c1ccc(Nc2ncc(-c3ccoc3)n3ccnc23)cc1. The predicted molar refractivity (Wildman–Crippen MR) is 121 cm³/mol. The highest BCUT2D eigenvalue weighted by Crippen LogP contribution is 2.25. The fourth-order valence-corrected chi connectivity index (χ4v) is 3.44. The van der Waals surface area contributed by atoms with Crippen molar-refractivity contribution in [2.24, 2.45) is 0 Å². The molecule has 1 aromatic carbocycles. The van der Waals surface area contributed by atoms with E-state index in [1.807, 2.05) is 28.8 Å². The zero-order valence-electron chi connectivity index (χ0n) is 17.7. The van der Waals surface area contributed by atoms with E-state index >= 15 is 0 Å². The van der Waals surface area contributed by atoms with Gasteiger partial charge in [-0.3, -0.25) is 9.20 Å². The monoisotopic (exact) mass is 418 g/mol. The van der Waals surface area contributed by atoms with Crippen LogP contribution < -0.4 is 10.6 Å². The summed E-state index contributed by atoms with van der Waals surface area (Å²) in [6.45, 7) is 7.67. The number of benzene rings is 1. The number of carbonyl (C=O) groups is 1. The Hall–Kier alpha value is -3.65. The maximum Gasteiger partial charge on any atom is 0.251 e. The van der Waals surface area contributed by atoms with Gasteiger partial charge in [0.1, 0.15) is 0 Å². The van der Waals surface area contributed by atoms with Crippen LogP contribution in [0, 0.1) is 0 Å². The van der Waals surface area contributed by atoms with E-state index in [4.69, 9.17) is 4.42 Å². The lowest BCUT2D eigenvalue weighted by atomic mass is 10.2. The lowest BCUT2D eigenvalue weighted by molar-refractivity contribution is 0.0949. The highest BCUT2D eigenvalue weighted by atomic mass is 16.3. The van der Waals surface area contributed by atoms with Gasteiger partial charge in [-0.15, -0.1) is 0 Å². The molecule has 4 rings (SSSR count). The van der Waals surface area contributed by atoms with Crippen LogP contribution in [0.4, 0.5) is 11.5 Å². The van der Waals surface area contributed by atoms with Crippen LogP contribution in [0.1, 0.15) is 24.2 Å². The first kappa shape index (κ1) is 20.6. The summed E-state index contributed by atoms with van der Waals surface area (Å²) in [5, 5.41) is 6.26. The van der Waals surface area contributed by atoms with Crippen LogP contribution in [-0.2, 0) is 0 Å². The Morgan fingerprint density at radius 3 is 2.65 bits per heavy atom. The van der Waals surface area contributed by atoms with E-state index in [0.29, 0.717) is 23.6 Å². The summed E-state index contributed by atoms with van der Waals surface area (Å²) in [7, 11) is 0. The minimum Gasteiger partial charge on any atom is -0.472 e. The Kier molecular flexibility index (Phi) is 6.28. The molecule has 0 saturated carbocycles. The molecule has 3 heterocycles. The Morgan fingerprint density at radius 2 is 1.94 bits per heavy atom. The van der Waals surface area contributed by atoms with Crippen LogP contribution in [0.15, 0.2) is 65.9 Å². The molecule has 0 atom stereocenters. The van der Waals surface area contributed by atoms with Gasteiger partial charge in [0.15, 0.2) is 11.5 Å². The average molecular weight is 419 g/mol. The second-order valence-corrected chi connectivity index (χ2v) is 7.11. The highest BCUT2D eigenvalue weighted by molar-refractivity contribution is 5.94. The molecule has 1 amide bonds. The predicted octanol–water partition coefficient (Wildman–Crippen LogP) is 3.80. The van der Waals surface area contributed by atoms with E-state index in [0.717, 1.165) is 36.6 Å². The summed E-state index contributed by atoms with van der Waals surface area (Å²) in [5.41, 5.74) is 3.98. The number of nitrogens with zero attached hydrogens (tertiary/aromatic N) is 4. The van der Waals surface area contributed by atoms with Crippen molar-refractivity contribution in [3.63, 3.8) is 0 Å². The molecular formula is C23H26N6O2. The van der Waals surface area contributed by atoms with Crippen LogP contribution in [0.5, 0.6) is 0 Å². The first-order valence-corrected chi connectivity index (χ1v) is 10.4. The molecule has 31 heavy (non-hydrogen) atoms. The minimum atomic E-state index is -0.0723. The number of anilines is 2. The minimum absolute atomic E-state index is 0.0723. The van der Waals surface area contributed by atoms with Gasteiger partial charge in [0.05, 0.1) is 24.4 Å². The Balaban J connectivity index is 1.44. The second-order valence-electron chi connectivity index (χ2n) is 7.11. The van der Waals surface area contributed by atoms with E-state index in [1.165, 1.54) is 0 Å². The number of carbonyl (C=O) groups excluding carboxylic acids is 1. The zero-order chi connectivity index (χ0) is 21.6. The zero-order valence-corrected chi connectivity index (χ0v) is 17.7. The summed E-state index contributed by atoms with van der Waals surface area (Å²) < 4.78 is 7.14. The van der Waals surface area contributed by atoms with Gasteiger partial charge in [-0.05, 0) is 43.4 Å². The molecule has 0 aliphatic rings. The summed E-state index contributed by atoms with van der Waals surface area (Å²) in [6, 6.07) is 9.22. The average Bonchev–Trinajstić information content (AvgIpc) is 3.50. The standard InChI is InChI=1S/C23H26N6O2/c1-3-28(4-2)12-10-25-23(30)17-5-7-19(8-6-17)27-21-22-24-11-13-29(22)20(15-26-21)18-9-14-31-16-18/h5-9,11,13-16H,3-4,10,12H2,1-2H3,(H,25,30)(H,26,27). The van der Waals surface area contributed by atoms with E-state index in [-0.39, 0.29) is 5.91 Å². The van der Waals surface area contributed by atoms with Gasteiger partial charge in [-0.2, -0.15) is 0 Å². The fourth-order valence-electron chi connectivity index (χ4n) is 3.44. The molecular weight excluding hydrogens is 392 g/mol. The first-order chi connectivity index (χ1) is 15.2. The molecule has 0 saturated heterocycles. The van der Waals surface area contributed by atoms with E-state index in [1.54, 1.807) is 37.1 Å². The van der Waals surface area contributed by atoms with Crippen LogP contribution in [0.3, 0.4) is 0 Å². The Bertz CT molecular complexity index is 1130. The van der Waals surface area contributed by atoms with Gasteiger partial charge >= 0.3 is 0 Å². The van der Waals surface area contributed by atoms with Gasteiger partial charge in [-0.1, -0.05) is 13.8 Å². The molecule has 0 spiro atoms. The molecule has 0 aliphatic heterocycles. The maximum atomic E-state index is 12.4. The van der Waals surface area contributed by atoms with Crippen molar-refractivity contribution in [3.8, 4) is 11.3 Å². The quantitative estimate of drug-likeness (QED) is 0.430. The molecule has 160 valence electrons. The number of hydrogen-bond donors (Lipinski definition) is 2. The van der Waals surface area contributed by atoms with Crippen molar-refractivity contribution in [3.05, 3.63) is 67.0 Å². The van der Waals surface area contributed by atoms with E-state index in [2.05, 4.69) is 39.3 Å². The molecule has 0 bridgehead atoms. The smallest absolute Gasteiger partial charge is 0.251 e. The van der Waals surface area contributed by atoms with Crippen LogP contribution in [-0.4, -0.2) is 51.4 Å². The molecule has 0 fully saturated rings. The first-order valence-electron chi connectivity index (χ1n) is 10.4. The van der Waals surface area contributed by atoms with Crippen LogP contribution >= 0.6 is 0 Å². The van der Waals surface area contributed by atoms with Crippen molar-refractivity contribution in [1.82, 2.24) is 24.6 Å². The third-order valence-corrected chi connectivity index (χ3v) is 5.26. The molecule has 8 heteroatoms. The Labute approximate surface area is 180 Å². The number of nitrogens with one attached hydrogen (secondary N) is 2. The number of furan rings is 1. The summed E-state index contributed by atoms with van der Waals surface area (Å²) in [6.07, 6.45) is 8.70. The number of imidazole rings is 1. The molecule has 3 aromatic heterocycles. The number of amides is 1. The third-order valence-electron chi connectivity index (χ3n) is 5.26. The topological polar surface area (TPSA) is 87.7 Å². The molecule has 0 aliphatic carbocycles. The summed E-state index contributed by atoms with van der Waals surface area (Å²) in [5.74, 6) is 0.561. The molecule has 0 radical (unpaired) electrons. The lowest BCUT2D eigenvalue weighted by Crippen LogP contribution is -2.34. The van der Waals surface area contributed by atoms with Gasteiger partial charge in [0.2, 0.25) is 0 Å². The number of rotatable bonds is 9. The third kappa shape index (κ3) is 4.59. The van der Waals surface area contributed by atoms with E-state index in [9.17, 15) is 4.79 Å². The number of hydrogen-bond acceptors (Lipinski definition) is 6. The number of likely N-dealkylation sites (N-methyl/N-ethyl adjacent to an activating group) is 1. The van der Waals surface area contributed by atoms with Crippen molar-refractivity contribution in [1.29, 1.82) is 0 Å².